The SMILES string of the molecule is COc1ccc(-c2ncnc(N3CCN(Cc4nnc(C)o4)CC3)c2F)cc1. The Labute approximate surface area is 162 Å². The molecular weight excluding hydrogens is 363 g/mol. The molecule has 2 aromatic heterocycles. The van der Waals surface area contributed by atoms with E-state index >= 15 is 4.39 Å². The smallest absolute Gasteiger partial charge is 0.230 e. The zero-order valence-electron chi connectivity index (χ0n) is 15.8. The molecule has 9 heteroatoms. The minimum absolute atomic E-state index is 0.288. The van der Waals surface area contributed by atoms with Gasteiger partial charge in [-0.1, -0.05) is 0 Å². The summed E-state index contributed by atoms with van der Waals surface area (Å²) < 4.78 is 25.7. The maximum Gasteiger partial charge on any atom is 0.230 e. The van der Waals surface area contributed by atoms with Gasteiger partial charge in [-0.2, -0.15) is 0 Å². The van der Waals surface area contributed by atoms with E-state index < -0.39 is 5.82 Å². The molecule has 0 radical (unpaired) electrons. The molecule has 146 valence electrons. The van der Waals surface area contributed by atoms with Crippen molar-refractivity contribution in [2.75, 3.05) is 38.2 Å². The van der Waals surface area contributed by atoms with Gasteiger partial charge in [0.05, 0.1) is 13.7 Å². The van der Waals surface area contributed by atoms with Crippen LogP contribution in [-0.2, 0) is 6.54 Å². The molecule has 0 atom stereocenters. The van der Waals surface area contributed by atoms with Crippen molar-refractivity contribution in [2.24, 2.45) is 0 Å². The Bertz CT molecular complexity index is 938. The second kappa shape index (κ2) is 7.89. The van der Waals surface area contributed by atoms with Crippen LogP contribution in [0.25, 0.3) is 11.3 Å². The molecule has 0 N–H and O–H groups in total. The Kier molecular flexibility index (Phi) is 5.16. The number of rotatable bonds is 5. The van der Waals surface area contributed by atoms with E-state index in [0.29, 0.717) is 48.5 Å². The fraction of sp³-hybridized carbons (Fsp3) is 0.368. The molecule has 1 fully saturated rings. The molecule has 3 aromatic rings. The second-order valence-electron chi connectivity index (χ2n) is 6.57. The van der Waals surface area contributed by atoms with Crippen LogP contribution in [0.1, 0.15) is 11.8 Å². The summed E-state index contributed by atoms with van der Waals surface area (Å²) in [4.78, 5) is 12.5. The lowest BCUT2D eigenvalue weighted by atomic mass is 10.1. The number of nitrogens with zero attached hydrogens (tertiary/aromatic N) is 6. The average Bonchev–Trinajstić information content (AvgIpc) is 3.14. The summed E-state index contributed by atoms with van der Waals surface area (Å²) >= 11 is 0. The van der Waals surface area contributed by atoms with E-state index in [2.05, 4.69) is 25.1 Å². The molecule has 1 aromatic carbocycles. The first kappa shape index (κ1) is 18.3. The van der Waals surface area contributed by atoms with Crippen LogP contribution in [0, 0.1) is 12.7 Å². The van der Waals surface area contributed by atoms with Crippen molar-refractivity contribution in [1.82, 2.24) is 25.1 Å². The molecular formula is C19H21FN6O2. The van der Waals surface area contributed by atoms with Crippen LogP contribution in [0.2, 0.25) is 0 Å². The quantitative estimate of drug-likeness (QED) is 0.663. The number of aryl methyl sites for hydroxylation is 1. The number of piperazine rings is 1. The molecule has 4 rings (SSSR count). The molecule has 0 saturated carbocycles. The van der Waals surface area contributed by atoms with E-state index in [9.17, 15) is 0 Å². The summed E-state index contributed by atoms with van der Waals surface area (Å²) in [5.41, 5.74) is 0.976. The average molecular weight is 384 g/mol. The van der Waals surface area contributed by atoms with Crippen LogP contribution < -0.4 is 9.64 Å². The highest BCUT2D eigenvalue weighted by Crippen LogP contribution is 2.28. The van der Waals surface area contributed by atoms with Gasteiger partial charge in [-0.15, -0.1) is 10.2 Å². The van der Waals surface area contributed by atoms with Gasteiger partial charge in [-0.3, -0.25) is 4.90 Å². The molecule has 0 aliphatic carbocycles. The van der Waals surface area contributed by atoms with Crippen LogP contribution in [0.15, 0.2) is 35.0 Å². The standard InChI is InChI=1S/C19H21FN6O2/c1-13-23-24-16(28-13)11-25-7-9-26(10-8-25)19-17(20)18(21-12-22-19)14-3-5-15(27-2)6-4-14/h3-6,12H,7-11H2,1-2H3. The van der Waals surface area contributed by atoms with Gasteiger partial charge < -0.3 is 14.1 Å². The normalized spacial score (nSPS) is 15.0. The first-order chi connectivity index (χ1) is 13.6. The van der Waals surface area contributed by atoms with Gasteiger partial charge in [0, 0.05) is 38.7 Å². The van der Waals surface area contributed by atoms with Crippen LogP contribution in [0.3, 0.4) is 0 Å². The minimum atomic E-state index is -0.409. The third-order valence-corrected chi connectivity index (χ3v) is 4.73. The van der Waals surface area contributed by atoms with E-state index in [1.165, 1.54) is 6.33 Å². The molecule has 3 heterocycles. The monoisotopic (exact) mass is 384 g/mol. The molecule has 0 spiro atoms. The molecule has 8 nitrogen and oxygen atoms in total. The van der Waals surface area contributed by atoms with Crippen molar-refractivity contribution >= 4 is 5.82 Å². The maximum atomic E-state index is 15.1. The lowest BCUT2D eigenvalue weighted by Crippen LogP contribution is -2.46. The molecule has 1 aliphatic rings. The number of aromatic nitrogens is 4. The predicted octanol–water partition coefficient (Wildman–Crippen LogP) is 2.30. The van der Waals surface area contributed by atoms with Gasteiger partial charge in [-0.25, -0.2) is 14.4 Å². The molecule has 0 amide bonds. The van der Waals surface area contributed by atoms with Gasteiger partial charge in [0.25, 0.3) is 0 Å². The van der Waals surface area contributed by atoms with E-state index in [4.69, 9.17) is 9.15 Å². The lowest BCUT2D eigenvalue weighted by Gasteiger charge is -2.34. The van der Waals surface area contributed by atoms with Gasteiger partial charge in [-0.05, 0) is 24.3 Å². The number of anilines is 1. The fourth-order valence-corrected chi connectivity index (χ4v) is 3.24. The van der Waals surface area contributed by atoms with Crippen LogP contribution in [-0.4, -0.2) is 58.4 Å². The third-order valence-electron chi connectivity index (χ3n) is 4.73. The minimum Gasteiger partial charge on any atom is -0.497 e. The number of ether oxygens (including phenoxy) is 1. The Hall–Kier alpha value is -3.07. The van der Waals surface area contributed by atoms with Gasteiger partial charge in [0.1, 0.15) is 17.8 Å². The zero-order chi connectivity index (χ0) is 19.5. The van der Waals surface area contributed by atoms with Crippen LogP contribution >= 0.6 is 0 Å². The highest BCUT2D eigenvalue weighted by molar-refractivity contribution is 5.64. The Morgan fingerprint density at radius 2 is 1.82 bits per heavy atom. The van der Waals surface area contributed by atoms with E-state index in [-0.39, 0.29) is 5.69 Å². The number of hydrogen-bond donors (Lipinski definition) is 0. The summed E-state index contributed by atoms with van der Waals surface area (Å²) in [6, 6.07) is 7.15. The Morgan fingerprint density at radius 3 is 2.46 bits per heavy atom. The van der Waals surface area contributed by atoms with Crippen LogP contribution in [0.4, 0.5) is 10.2 Å². The number of halogens is 1. The van der Waals surface area contributed by atoms with E-state index in [1.807, 2.05) is 4.90 Å². The molecule has 1 saturated heterocycles. The summed E-state index contributed by atoms with van der Waals surface area (Å²) in [6.07, 6.45) is 1.41. The van der Waals surface area contributed by atoms with Crippen molar-refractivity contribution in [3.05, 3.63) is 48.2 Å². The van der Waals surface area contributed by atoms with Crippen molar-refractivity contribution in [3.63, 3.8) is 0 Å². The molecule has 1 aliphatic heterocycles. The van der Waals surface area contributed by atoms with E-state index in [1.54, 1.807) is 38.3 Å². The maximum absolute atomic E-state index is 15.1. The number of methoxy groups -OCH3 is 1. The first-order valence-electron chi connectivity index (χ1n) is 9.05. The molecule has 28 heavy (non-hydrogen) atoms. The van der Waals surface area contributed by atoms with Crippen molar-refractivity contribution in [3.8, 4) is 17.0 Å². The van der Waals surface area contributed by atoms with Gasteiger partial charge >= 0.3 is 0 Å². The summed E-state index contributed by atoms with van der Waals surface area (Å²) in [6.45, 7) is 5.18. The van der Waals surface area contributed by atoms with Crippen molar-refractivity contribution in [2.45, 2.75) is 13.5 Å². The summed E-state index contributed by atoms with van der Waals surface area (Å²) in [5, 5.41) is 7.87. The zero-order valence-corrected chi connectivity index (χ0v) is 15.8. The second-order valence-corrected chi connectivity index (χ2v) is 6.57. The highest BCUT2D eigenvalue weighted by Gasteiger charge is 2.24. The first-order valence-corrected chi connectivity index (χ1v) is 9.05. The lowest BCUT2D eigenvalue weighted by molar-refractivity contribution is 0.224. The fourth-order valence-electron chi connectivity index (χ4n) is 3.24. The summed E-state index contributed by atoms with van der Waals surface area (Å²) in [7, 11) is 1.59. The van der Waals surface area contributed by atoms with Gasteiger partial charge in [0.2, 0.25) is 11.8 Å². The van der Waals surface area contributed by atoms with Crippen molar-refractivity contribution in [1.29, 1.82) is 0 Å². The topological polar surface area (TPSA) is 80.4 Å². The Morgan fingerprint density at radius 1 is 1.07 bits per heavy atom. The number of benzene rings is 1. The van der Waals surface area contributed by atoms with E-state index in [0.717, 1.165) is 13.1 Å². The highest BCUT2D eigenvalue weighted by atomic mass is 19.1. The number of hydrogen-bond acceptors (Lipinski definition) is 8. The Balaban J connectivity index is 1.46. The van der Waals surface area contributed by atoms with Crippen LogP contribution in [0.5, 0.6) is 5.75 Å². The summed E-state index contributed by atoms with van der Waals surface area (Å²) in [5.74, 6) is 1.79. The predicted molar refractivity (Wildman–Crippen MR) is 101 cm³/mol. The largest absolute Gasteiger partial charge is 0.497 e. The van der Waals surface area contributed by atoms with Crippen molar-refractivity contribution < 1.29 is 13.5 Å². The third kappa shape index (κ3) is 3.79. The molecule has 0 unspecified atom stereocenters. The molecule has 0 bridgehead atoms. The van der Waals surface area contributed by atoms with Gasteiger partial charge in [0.15, 0.2) is 11.6 Å².